The van der Waals surface area contributed by atoms with Gasteiger partial charge in [-0.3, -0.25) is 9.89 Å². The van der Waals surface area contributed by atoms with Crippen molar-refractivity contribution in [3.63, 3.8) is 0 Å². The third-order valence-electron chi connectivity index (χ3n) is 5.99. The zero-order chi connectivity index (χ0) is 17.0. The number of rotatable bonds is 5. The lowest BCUT2D eigenvalue weighted by Gasteiger charge is -2.17. The van der Waals surface area contributed by atoms with E-state index >= 15 is 0 Å². The summed E-state index contributed by atoms with van der Waals surface area (Å²) >= 11 is 0. The predicted octanol–water partition coefficient (Wildman–Crippen LogP) is 1.84. The monoisotopic (exact) mass is 340 g/mol. The first kappa shape index (κ1) is 15.1. The van der Waals surface area contributed by atoms with Crippen LogP contribution in [0.4, 0.5) is 0 Å². The average Bonchev–Trinajstić information content (AvgIpc) is 3.50. The number of aromatic nitrogens is 5. The van der Waals surface area contributed by atoms with Crippen LogP contribution in [-0.4, -0.2) is 48.6 Å². The minimum atomic E-state index is 0.177. The Balaban J connectivity index is 1.33. The maximum atomic E-state index is 12.8. The van der Waals surface area contributed by atoms with Crippen molar-refractivity contribution in [2.24, 2.45) is 11.8 Å². The van der Waals surface area contributed by atoms with Crippen molar-refractivity contribution >= 4 is 5.91 Å². The van der Waals surface area contributed by atoms with Gasteiger partial charge in [0.1, 0.15) is 12.4 Å². The van der Waals surface area contributed by atoms with Crippen molar-refractivity contribution in [1.82, 2.24) is 29.6 Å². The van der Waals surface area contributed by atoms with Crippen LogP contribution in [0.2, 0.25) is 0 Å². The fourth-order valence-electron chi connectivity index (χ4n) is 4.10. The van der Waals surface area contributed by atoms with E-state index in [-0.39, 0.29) is 5.91 Å². The molecule has 7 nitrogen and oxygen atoms in total. The molecule has 7 heteroatoms. The molecule has 132 valence electrons. The Kier molecular flexibility index (Phi) is 3.43. The Morgan fingerprint density at radius 2 is 2.12 bits per heavy atom. The standard InChI is InChI=1S/C18H24N6O/c1-11-6-19-10-24(11)9-16(25)23-7-14(12-2-3-12)15(8-23)18-20-17(21-22-18)13-4-5-13/h6,10,12-15H,2-5,7-9H2,1H3,(H,20,21,22)/t14-,15+/m1/s1. The van der Waals surface area contributed by atoms with Gasteiger partial charge in [-0.25, -0.2) is 9.97 Å². The zero-order valence-corrected chi connectivity index (χ0v) is 14.6. The van der Waals surface area contributed by atoms with Crippen LogP contribution in [0.1, 0.15) is 54.9 Å². The summed E-state index contributed by atoms with van der Waals surface area (Å²) in [7, 11) is 0. The van der Waals surface area contributed by atoms with Gasteiger partial charge in [0.25, 0.3) is 0 Å². The molecule has 1 saturated heterocycles. The Labute approximate surface area is 146 Å². The number of imidazole rings is 1. The van der Waals surface area contributed by atoms with Crippen molar-refractivity contribution in [2.45, 2.75) is 51.0 Å². The largest absolute Gasteiger partial charge is 0.340 e. The maximum absolute atomic E-state index is 12.8. The van der Waals surface area contributed by atoms with Gasteiger partial charge in [-0.05, 0) is 44.4 Å². The van der Waals surface area contributed by atoms with E-state index in [1.165, 1.54) is 25.7 Å². The normalized spacial score (nSPS) is 26.4. The third kappa shape index (κ3) is 2.85. The van der Waals surface area contributed by atoms with Crippen LogP contribution >= 0.6 is 0 Å². The number of aryl methyl sites for hydroxylation is 1. The fourth-order valence-corrected chi connectivity index (χ4v) is 4.10. The summed E-state index contributed by atoms with van der Waals surface area (Å²) in [6, 6.07) is 0. The fraction of sp³-hybridized carbons (Fsp3) is 0.667. The molecule has 2 aromatic heterocycles. The number of hydrogen-bond donors (Lipinski definition) is 1. The predicted molar refractivity (Wildman–Crippen MR) is 90.9 cm³/mol. The summed E-state index contributed by atoms with van der Waals surface area (Å²) in [5, 5.41) is 7.61. The lowest BCUT2D eigenvalue weighted by molar-refractivity contribution is -0.131. The molecule has 3 fully saturated rings. The van der Waals surface area contributed by atoms with Crippen LogP contribution in [0.25, 0.3) is 0 Å². The number of carbonyl (C=O) groups excluding carboxylic acids is 1. The van der Waals surface area contributed by atoms with Gasteiger partial charge < -0.3 is 9.47 Å². The molecule has 2 atom stereocenters. The van der Waals surface area contributed by atoms with Crippen molar-refractivity contribution < 1.29 is 4.79 Å². The Hall–Kier alpha value is -2.18. The van der Waals surface area contributed by atoms with E-state index in [0.717, 1.165) is 36.4 Å². The van der Waals surface area contributed by atoms with E-state index in [1.54, 1.807) is 12.5 Å². The molecular formula is C18H24N6O. The highest BCUT2D eigenvalue weighted by Crippen LogP contribution is 2.47. The lowest BCUT2D eigenvalue weighted by atomic mass is 9.91. The maximum Gasteiger partial charge on any atom is 0.242 e. The Bertz CT molecular complexity index is 787. The van der Waals surface area contributed by atoms with Crippen LogP contribution in [0, 0.1) is 18.8 Å². The number of nitrogens with one attached hydrogen (secondary N) is 1. The summed E-state index contributed by atoms with van der Waals surface area (Å²) < 4.78 is 1.92. The lowest BCUT2D eigenvalue weighted by Crippen LogP contribution is -2.32. The topological polar surface area (TPSA) is 79.7 Å². The van der Waals surface area contributed by atoms with Crippen molar-refractivity contribution in [3.05, 3.63) is 29.9 Å². The average molecular weight is 340 g/mol. The van der Waals surface area contributed by atoms with E-state index in [1.807, 2.05) is 16.4 Å². The second kappa shape index (κ2) is 5.68. The SMILES string of the molecule is Cc1cncn1CC(=O)N1C[C@H](c2nc(C3CC3)n[nH]2)[C@@H](C2CC2)C1. The molecule has 0 unspecified atom stereocenters. The molecule has 2 aliphatic carbocycles. The number of likely N-dealkylation sites (tertiary alicyclic amines) is 1. The second-order valence-electron chi connectivity index (χ2n) is 7.92. The number of H-pyrrole nitrogens is 1. The van der Waals surface area contributed by atoms with E-state index in [4.69, 9.17) is 4.98 Å². The molecule has 25 heavy (non-hydrogen) atoms. The van der Waals surface area contributed by atoms with Crippen LogP contribution in [0.3, 0.4) is 0 Å². The number of carbonyl (C=O) groups is 1. The van der Waals surface area contributed by atoms with E-state index in [2.05, 4.69) is 15.2 Å². The van der Waals surface area contributed by atoms with Gasteiger partial charge in [0, 0.05) is 36.8 Å². The van der Waals surface area contributed by atoms with Gasteiger partial charge in [0.05, 0.1) is 6.33 Å². The molecule has 1 N–H and O–H groups in total. The molecule has 1 amide bonds. The van der Waals surface area contributed by atoms with Gasteiger partial charge in [0.2, 0.25) is 5.91 Å². The van der Waals surface area contributed by atoms with Crippen molar-refractivity contribution in [3.8, 4) is 0 Å². The van der Waals surface area contributed by atoms with Crippen molar-refractivity contribution in [2.75, 3.05) is 13.1 Å². The van der Waals surface area contributed by atoms with Gasteiger partial charge in [-0.1, -0.05) is 0 Å². The number of hydrogen-bond acceptors (Lipinski definition) is 4. The molecule has 3 heterocycles. The number of amides is 1. The molecule has 0 radical (unpaired) electrons. The van der Waals surface area contributed by atoms with E-state index < -0.39 is 0 Å². The van der Waals surface area contributed by atoms with E-state index in [0.29, 0.717) is 24.3 Å². The molecule has 0 bridgehead atoms. The molecule has 1 aliphatic heterocycles. The highest BCUT2D eigenvalue weighted by molar-refractivity contribution is 5.76. The Morgan fingerprint density at radius 1 is 1.28 bits per heavy atom. The summed E-state index contributed by atoms with van der Waals surface area (Å²) in [5.41, 5.74) is 1.02. The first-order valence-electron chi connectivity index (χ1n) is 9.35. The van der Waals surface area contributed by atoms with Crippen LogP contribution < -0.4 is 0 Å². The highest BCUT2D eigenvalue weighted by Gasteiger charge is 2.45. The van der Waals surface area contributed by atoms with Crippen LogP contribution in [0.15, 0.2) is 12.5 Å². The van der Waals surface area contributed by atoms with Gasteiger partial charge in [0.15, 0.2) is 5.82 Å². The number of nitrogens with zero attached hydrogens (tertiary/aromatic N) is 5. The Morgan fingerprint density at radius 3 is 2.80 bits per heavy atom. The molecule has 3 aliphatic rings. The summed E-state index contributed by atoms with van der Waals surface area (Å²) in [6.07, 6.45) is 8.52. The minimum absolute atomic E-state index is 0.177. The number of aromatic amines is 1. The van der Waals surface area contributed by atoms with Crippen LogP contribution in [0.5, 0.6) is 0 Å². The summed E-state index contributed by atoms with van der Waals surface area (Å²) in [4.78, 5) is 23.7. The first-order chi connectivity index (χ1) is 12.2. The summed E-state index contributed by atoms with van der Waals surface area (Å²) in [6.45, 7) is 3.96. The van der Waals surface area contributed by atoms with Crippen molar-refractivity contribution in [1.29, 1.82) is 0 Å². The van der Waals surface area contributed by atoms with Crippen LogP contribution in [-0.2, 0) is 11.3 Å². The van der Waals surface area contributed by atoms with Gasteiger partial charge in [-0.2, -0.15) is 5.10 Å². The molecule has 0 spiro atoms. The molecule has 2 saturated carbocycles. The zero-order valence-electron chi connectivity index (χ0n) is 14.6. The van der Waals surface area contributed by atoms with Gasteiger partial charge >= 0.3 is 0 Å². The molecular weight excluding hydrogens is 316 g/mol. The molecule has 2 aromatic rings. The van der Waals surface area contributed by atoms with Gasteiger partial charge in [-0.15, -0.1) is 0 Å². The molecule has 5 rings (SSSR count). The molecule has 0 aromatic carbocycles. The quantitative estimate of drug-likeness (QED) is 0.901. The minimum Gasteiger partial charge on any atom is -0.340 e. The second-order valence-corrected chi connectivity index (χ2v) is 7.92. The van der Waals surface area contributed by atoms with E-state index in [9.17, 15) is 4.79 Å². The summed E-state index contributed by atoms with van der Waals surface area (Å²) in [5.74, 6) is 4.28. The first-order valence-corrected chi connectivity index (χ1v) is 9.35. The smallest absolute Gasteiger partial charge is 0.242 e. The third-order valence-corrected chi connectivity index (χ3v) is 5.99. The highest BCUT2D eigenvalue weighted by atomic mass is 16.2.